The lowest BCUT2D eigenvalue weighted by atomic mass is 10.1. The van der Waals surface area contributed by atoms with E-state index >= 15 is 0 Å². The molecule has 0 spiro atoms. The van der Waals surface area contributed by atoms with E-state index in [1.807, 2.05) is 67.6 Å². The molecule has 0 aliphatic heterocycles. The van der Waals surface area contributed by atoms with E-state index < -0.39 is 0 Å². The molecule has 116 valence electrons. The Labute approximate surface area is 135 Å². The van der Waals surface area contributed by atoms with Gasteiger partial charge in [0.15, 0.2) is 0 Å². The van der Waals surface area contributed by atoms with Crippen molar-refractivity contribution < 1.29 is 9.90 Å². The van der Waals surface area contributed by atoms with E-state index in [1.54, 1.807) is 0 Å². The average Bonchev–Trinajstić information content (AvgIpc) is 2.54. The van der Waals surface area contributed by atoms with Crippen LogP contribution in [0.3, 0.4) is 0 Å². The molecule has 1 amide bonds. The molecule has 22 heavy (non-hydrogen) atoms. The fourth-order valence-electron chi connectivity index (χ4n) is 2.12. The quantitative estimate of drug-likeness (QED) is 0.770. The fourth-order valence-corrected chi connectivity index (χ4v) is 3.18. The highest BCUT2D eigenvalue weighted by molar-refractivity contribution is 8.00. The number of amides is 1. The van der Waals surface area contributed by atoms with Crippen LogP contribution in [0.1, 0.15) is 24.2 Å². The number of aliphatic hydroxyl groups excluding tert-OH is 1. The number of thioether (sulfide) groups is 1. The first-order valence-corrected chi connectivity index (χ1v) is 8.26. The van der Waals surface area contributed by atoms with E-state index in [0.29, 0.717) is 6.42 Å². The van der Waals surface area contributed by atoms with Gasteiger partial charge in [0.1, 0.15) is 5.25 Å². The van der Waals surface area contributed by atoms with Crippen molar-refractivity contribution >= 4 is 17.7 Å². The van der Waals surface area contributed by atoms with Crippen molar-refractivity contribution in [1.82, 2.24) is 5.32 Å². The molecule has 2 rings (SSSR count). The van der Waals surface area contributed by atoms with Crippen molar-refractivity contribution in [2.45, 2.75) is 29.5 Å². The number of carbonyl (C=O) groups is 1. The Hall–Kier alpha value is -1.78. The summed E-state index contributed by atoms with van der Waals surface area (Å²) in [5, 5.41) is 11.7. The normalized spacial score (nSPS) is 13.4. The number of hydrogen-bond donors (Lipinski definition) is 2. The summed E-state index contributed by atoms with van der Waals surface area (Å²) in [6, 6.07) is 19.6. The third-order valence-electron chi connectivity index (χ3n) is 3.29. The second-order valence-electron chi connectivity index (χ2n) is 5.14. The number of hydrogen-bond acceptors (Lipinski definition) is 3. The van der Waals surface area contributed by atoms with Crippen molar-refractivity contribution in [2.24, 2.45) is 0 Å². The van der Waals surface area contributed by atoms with Crippen LogP contribution in [-0.4, -0.2) is 23.7 Å². The highest BCUT2D eigenvalue weighted by atomic mass is 32.2. The van der Waals surface area contributed by atoms with Gasteiger partial charge in [0.25, 0.3) is 0 Å². The van der Waals surface area contributed by atoms with Crippen LogP contribution in [0.4, 0.5) is 0 Å². The molecular weight excluding hydrogens is 294 g/mol. The smallest absolute Gasteiger partial charge is 0.238 e. The number of aliphatic hydroxyl groups is 1. The fraction of sp³-hybridized carbons (Fsp3) is 0.278. The SMILES string of the molecule is CC(CCO)NC(=O)C(Sc1ccccc1)c1ccccc1. The Bertz CT molecular complexity index is 574. The Kier molecular flexibility index (Phi) is 6.49. The molecule has 2 N–H and O–H groups in total. The summed E-state index contributed by atoms with van der Waals surface area (Å²) < 4.78 is 0. The third kappa shape index (κ3) is 4.90. The molecule has 0 bridgehead atoms. The summed E-state index contributed by atoms with van der Waals surface area (Å²) in [5.74, 6) is -0.0268. The van der Waals surface area contributed by atoms with Crippen molar-refractivity contribution in [3.63, 3.8) is 0 Å². The number of rotatable bonds is 7. The first kappa shape index (κ1) is 16.6. The molecule has 0 aromatic heterocycles. The van der Waals surface area contributed by atoms with E-state index in [4.69, 9.17) is 5.11 Å². The van der Waals surface area contributed by atoms with Gasteiger partial charge in [0.2, 0.25) is 5.91 Å². The largest absolute Gasteiger partial charge is 0.396 e. The number of benzene rings is 2. The monoisotopic (exact) mass is 315 g/mol. The topological polar surface area (TPSA) is 49.3 Å². The van der Waals surface area contributed by atoms with Crippen LogP contribution >= 0.6 is 11.8 Å². The molecular formula is C18H21NO2S. The highest BCUT2D eigenvalue weighted by Gasteiger charge is 2.22. The van der Waals surface area contributed by atoms with Crippen molar-refractivity contribution in [3.05, 3.63) is 66.2 Å². The first-order chi connectivity index (χ1) is 10.7. The van der Waals surface area contributed by atoms with Gasteiger partial charge in [0.05, 0.1) is 0 Å². The maximum absolute atomic E-state index is 12.6. The van der Waals surface area contributed by atoms with Crippen LogP contribution in [-0.2, 0) is 4.79 Å². The van der Waals surface area contributed by atoms with Crippen LogP contribution in [0, 0.1) is 0 Å². The van der Waals surface area contributed by atoms with Gasteiger partial charge >= 0.3 is 0 Å². The lowest BCUT2D eigenvalue weighted by Gasteiger charge is -2.20. The molecule has 0 fully saturated rings. The minimum absolute atomic E-state index is 0.0268. The summed E-state index contributed by atoms with van der Waals surface area (Å²) >= 11 is 1.54. The maximum atomic E-state index is 12.6. The molecule has 2 unspecified atom stereocenters. The summed E-state index contributed by atoms with van der Waals surface area (Å²) in [4.78, 5) is 13.7. The Morgan fingerprint density at radius 2 is 1.68 bits per heavy atom. The molecule has 0 saturated carbocycles. The van der Waals surface area contributed by atoms with E-state index in [2.05, 4.69) is 5.32 Å². The molecule has 0 aliphatic carbocycles. The molecule has 4 heteroatoms. The molecule has 0 aliphatic rings. The van der Waals surface area contributed by atoms with E-state index in [1.165, 1.54) is 11.8 Å². The Morgan fingerprint density at radius 3 is 2.27 bits per heavy atom. The lowest BCUT2D eigenvalue weighted by Crippen LogP contribution is -2.36. The highest BCUT2D eigenvalue weighted by Crippen LogP contribution is 2.35. The molecule has 2 aromatic rings. The van der Waals surface area contributed by atoms with E-state index in [-0.39, 0.29) is 23.8 Å². The summed E-state index contributed by atoms with van der Waals surface area (Å²) in [5.41, 5.74) is 0.977. The zero-order chi connectivity index (χ0) is 15.8. The van der Waals surface area contributed by atoms with Crippen LogP contribution in [0.25, 0.3) is 0 Å². The van der Waals surface area contributed by atoms with Gasteiger partial charge in [-0.3, -0.25) is 4.79 Å². The van der Waals surface area contributed by atoms with Crippen LogP contribution in [0.15, 0.2) is 65.6 Å². The molecule has 2 aromatic carbocycles. The van der Waals surface area contributed by atoms with Gasteiger partial charge in [-0.1, -0.05) is 48.5 Å². The molecule has 0 radical (unpaired) electrons. The summed E-state index contributed by atoms with van der Waals surface area (Å²) in [6.07, 6.45) is 0.559. The zero-order valence-electron chi connectivity index (χ0n) is 12.6. The van der Waals surface area contributed by atoms with Crippen LogP contribution in [0.2, 0.25) is 0 Å². The number of carbonyl (C=O) groups excluding carboxylic acids is 1. The predicted octanol–water partition coefficient (Wildman–Crippen LogP) is 3.41. The standard InChI is InChI=1S/C18H21NO2S/c1-14(12-13-20)19-18(21)17(15-8-4-2-5-9-15)22-16-10-6-3-7-11-16/h2-11,14,17,20H,12-13H2,1H3,(H,19,21). The van der Waals surface area contributed by atoms with Gasteiger partial charge in [-0.05, 0) is 31.0 Å². The second-order valence-corrected chi connectivity index (χ2v) is 6.32. The lowest BCUT2D eigenvalue weighted by molar-refractivity contribution is -0.121. The van der Waals surface area contributed by atoms with E-state index in [9.17, 15) is 4.79 Å². The third-order valence-corrected chi connectivity index (χ3v) is 4.55. The minimum atomic E-state index is -0.301. The summed E-state index contributed by atoms with van der Waals surface area (Å²) in [6.45, 7) is 1.98. The van der Waals surface area contributed by atoms with Crippen molar-refractivity contribution in [1.29, 1.82) is 0 Å². The average molecular weight is 315 g/mol. The molecule has 3 nitrogen and oxygen atoms in total. The van der Waals surface area contributed by atoms with Crippen molar-refractivity contribution in [2.75, 3.05) is 6.61 Å². The van der Waals surface area contributed by atoms with Crippen molar-refractivity contribution in [3.8, 4) is 0 Å². The maximum Gasteiger partial charge on any atom is 0.238 e. The number of nitrogens with one attached hydrogen (secondary N) is 1. The minimum Gasteiger partial charge on any atom is -0.396 e. The van der Waals surface area contributed by atoms with Gasteiger partial charge < -0.3 is 10.4 Å². The van der Waals surface area contributed by atoms with E-state index in [0.717, 1.165) is 10.5 Å². The molecule has 0 saturated heterocycles. The van der Waals surface area contributed by atoms with Gasteiger partial charge in [0, 0.05) is 17.5 Å². The second kappa shape index (κ2) is 8.61. The van der Waals surface area contributed by atoms with Crippen LogP contribution in [0.5, 0.6) is 0 Å². The first-order valence-electron chi connectivity index (χ1n) is 7.38. The Balaban J connectivity index is 2.16. The Morgan fingerprint density at radius 1 is 1.09 bits per heavy atom. The van der Waals surface area contributed by atoms with Gasteiger partial charge in [-0.2, -0.15) is 0 Å². The van der Waals surface area contributed by atoms with Gasteiger partial charge in [-0.15, -0.1) is 11.8 Å². The molecule has 2 atom stereocenters. The predicted molar refractivity (Wildman–Crippen MR) is 90.8 cm³/mol. The van der Waals surface area contributed by atoms with Crippen LogP contribution < -0.4 is 5.32 Å². The zero-order valence-corrected chi connectivity index (χ0v) is 13.4. The summed E-state index contributed by atoms with van der Waals surface area (Å²) in [7, 11) is 0. The molecule has 0 heterocycles. The van der Waals surface area contributed by atoms with Gasteiger partial charge in [-0.25, -0.2) is 0 Å².